The molecule has 3 aromatic carbocycles. The van der Waals surface area contributed by atoms with E-state index in [2.05, 4.69) is 26.6 Å². The summed E-state index contributed by atoms with van der Waals surface area (Å²) in [6, 6.07) is 12.7. The fourth-order valence-electron chi connectivity index (χ4n) is 4.65. The number of imide groups is 2. The number of anilines is 2. The molecule has 0 saturated carbocycles. The molecule has 1 heterocycles. The Morgan fingerprint density at radius 1 is 0.891 bits per heavy atom. The summed E-state index contributed by atoms with van der Waals surface area (Å²) in [4.78, 5) is 52.9. The van der Waals surface area contributed by atoms with Crippen molar-refractivity contribution in [1.29, 1.82) is 0 Å². The van der Waals surface area contributed by atoms with Crippen LogP contribution in [0.3, 0.4) is 0 Å². The Kier molecular flexibility index (Phi) is 11.4. The normalized spacial score (nSPS) is 13.8. The molecule has 0 atom stereocenters. The minimum Gasteiger partial charge on any atom is -0.490 e. The number of ether oxygens (including phenoxy) is 4. The number of carbonyl (C=O) groups is 4. The first-order chi connectivity index (χ1) is 22.1. The van der Waals surface area contributed by atoms with Crippen LogP contribution in [0.25, 0.3) is 6.08 Å². The standard InChI is InChI=1S/C34H36BrN3O8/c1-6-13-45-27-12-10-23(18-28(27)43-7-2)38-33(41)24(32(40)37-34(38)42)15-22-16-25(35)31(29(17-22)44-8-3)46-19-30(39)36-26-11-9-20(4)14-21(26)5/h9-12,14-18H,6-8,13,19H2,1-5H3,(H,36,39)(H,37,40,42)/b24-15+. The van der Waals surface area contributed by atoms with Crippen molar-refractivity contribution in [3.8, 4) is 23.0 Å². The second kappa shape index (κ2) is 15.4. The number of hydrogen-bond acceptors (Lipinski definition) is 8. The summed E-state index contributed by atoms with van der Waals surface area (Å²) < 4.78 is 23.4. The molecule has 4 rings (SSSR count). The molecule has 5 amide bonds. The van der Waals surface area contributed by atoms with Crippen LogP contribution < -0.4 is 34.5 Å². The van der Waals surface area contributed by atoms with Crippen LogP contribution in [0, 0.1) is 13.8 Å². The average molecular weight is 695 g/mol. The van der Waals surface area contributed by atoms with Crippen molar-refractivity contribution in [2.45, 2.75) is 41.0 Å². The lowest BCUT2D eigenvalue weighted by Gasteiger charge is -2.27. The first-order valence-corrected chi connectivity index (χ1v) is 15.6. The van der Waals surface area contributed by atoms with E-state index in [1.54, 1.807) is 38.1 Å². The molecule has 0 radical (unpaired) electrons. The topological polar surface area (TPSA) is 132 Å². The third-order valence-corrected chi connectivity index (χ3v) is 7.28. The van der Waals surface area contributed by atoms with Crippen molar-refractivity contribution in [2.75, 3.05) is 36.6 Å². The highest BCUT2D eigenvalue weighted by Crippen LogP contribution is 2.38. The molecule has 46 heavy (non-hydrogen) atoms. The molecule has 0 spiro atoms. The lowest BCUT2D eigenvalue weighted by atomic mass is 10.1. The number of barbiturate groups is 1. The summed E-state index contributed by atoms with van der Waals surface area (Å²) in [5.74, 6) is -0.650. The minimum absolute atomic E-state index is 0.201. The summed E-state index contributed by atoms with van der Waals surface area (Å²) in [6.45, 7) is 10.2. The van der Waals surface area contributed by atoms with Crippen molar-refractivity contribution in [3.05, 3.63) is 75.3 Å². The second-order valence-corrected chi connectivity index (χ2v) is 11.1. The van der Waals surface area contributed by atoms with Crippen LogP contribution in [0.5, 0.6) is 23.0 Å². The van der Waals surface area contributed by atoms with E-state index in [1.807, 2.05) is 39.0 Å². The van der Waals surface area contributed by atoms with Gasteiger partial charge in [-0.1, -0.05) is 24.6 Å². The fraction of sp³-hybridized carbons (Fsp3) is 0.294. The Bertz CT molecular complexity index is 1690. The van der Waals surface area contributed by atoms with E-state index in [4.69, 9.17) is 18.9 Å². The van der Waals surface area contributed by atoms with Crippen molar-refractivity contribution < 1.29 is 38.1 Å². The van der Waals surface area contributed by atoms with E-state index in [9.17, 15) is 19.2 Å². The number of hydrogen-bond donors (Lipinski definition) is 2. The lowest BCUT2D eigenvalue weighted by molar-refractivity contribution is -0.122. The van der Waals surface area contributed by atoms with Gasteiger partial charge in [0.2, 0.25) is 0 Å². The van der Waals surface area contributed by atoms with E-state index in [0.29, 0.717) is 40.4 Å². The molecule has 242 valence electrons. The average Bonchev–Trinajstić information content (AvgIpc) is 3.00. The van der Waals surface area contributed by atoms with E-state index >= 15 is 0 Å². The van der Waals surface area contributed by atoms with Gasteiger partial charge in [0.1, 0.15) is 5.57 Å². The van der Waals surface area contributed by atoms with Crippen LogP contribution in [-0.4, -0.2) is 50.2 Å². The maximum Gasteiger partial charge on any atom is 0.335 e. The number of nitrogens with one attached hydrogen (secondary N) is 2. The third kappa shape index (κ3) is 8.05. The van der Waals surface area contributed by atoms with Gasteiger partial charge in [-0.2, -0.15) is 0 Å². The predicted molar refractivity (Wildman–Crippen MR) is 178 cm³/mol. The van der Waals surface area contributed by atoms with Crippen molar-refractivity contribution >= 4 is 57.1 Å². The van der Waals surface area contributed by atoms with Crippen molar-refractivity contribution in [1.82, 2.24) is 5.32 Å². The van der Waals surface area contributed by atoms with Gasteiger partial charge in [-0.15, -0.1) is 0 Å². The maximum atomic E-state index is 13.6. The van der Waals surface area contributed by atoms with Crippen molar-refractivity contribution in [3.63, 3.8) is 0 Å². The van der Waals surface area contributed by atoms with Crippen LogP contribution in [-0.2, 0) is 14.4 Å². The van der Waals surface area contributed by atoms with Gasteiger partial charge in [0.15, 0.2) is 29.6 Å². The fourth-order valence-corrected chi connectivity index (χ4v) is 5.22. The Hall–Kier alpha value is -4.84. The molecule has 12 heteroatoms. The predicted octanol–water partition coefficient (Wildman–Crippen LogP) is 6.34. The second-order valence-electron chi connectivity index (χ2n) is 10.3. The quantitative estimate of drug-likeness (QED) is 0.157. The lowest BCUT2D eigenvalue weighted by Crippen LogP contribution is -2.54. The molecule has 0 aliphatic carbocycles. The Morgan fingerprint density at radius 3 is 2.33 bits per heavy atom. The van der Waals surface area contributed by atoms with Crippen LogP contribution in [0.15, 0.2) is 58.6 Å². The minimum atomic E-state index is -0.893. The van der Waals surface area contributed by atoms with Crippen LogP contribution >= 0.6 is 15.9 Å². The van der Waals surface area contributed by atoms with Crippen LogP contribution in [0.4, 0.5) is 16.2 Å². The molecule has 2 N–H and O–H groups in total. The SMILES string of the molecule is CCCOc1ccc(N2C(=O)NC(=O)/C(=C\c3cc(Br)c(OCC(=O)Nc4ccc(C)cc4C)c(OCC)c3)C2=O)cc1OCC. The maximum absolute atomic E-state index is 13.6. The molecule has 1 aliphatic rings. The molecule has 0 unspecified atom stereocenters. The van der Waals surface area contributed by atoms with Gasteiger partial charge in [0.25, 0.3) is 17.7 Å². The van der Waals surface area contributed by atoms with E-state index in [-0.39, 0.29) is 41.9 Å². The Labute approximate surface area is 276 Å². The number of benzene rings is 3. The number of urea groups is 1. The van der Waals surface area contributed by atoms with Gasteiger partial charge in [-0.25, -0.2) is 9.69 Å². The number of halogens is 1. The zero-order valence-electron chi connectivity index (χ0n) is 26.3. The molecule has 0 aromatic heterocycles. The van der Waals surface area contributed by atoms with Gasteiger partial charge in [-0.3, -0.25) is 19.7 Å². The highest BCUT2D eigenvalue weighted by Gasteiger charge is 2.37. The summed E-state index contributed by atoms with van der Waals surface area (Å²) in [5, 5.41) is 5.07. The van der Waals surface area contributed by atoms with E-state index < -0.39 is 17.8 Å². The first kappa shape index (κ1) is 34.0. The van der Waals surface area contributed by atoms with Crippen molar-refractivity contribution in [2.24, 2.45) is 0 Å². The molecule has 1 aliphatic heterocycles. The van der Waals surface area contributed by atoms with Gasteiger partial charge in [-0.05, 0) is 97.6 Å². The van der Waals surface area contributed by atoms with Crippen LogP contribution in [0.2, 0.25) is 0 Å². The zero-order valence-corrected chi connectivity index (χ0v) is 27.9. The number of carbonyl (C=O) groups excluding carboxylic acids is 4. The molecule has 0 bridgehead atoms. The zero-order chi connectivity index (χ0) is 33.4. The molecular formula is C34H36BrN3O8. The largest absolute Gasteiger partial charge is 0.490 e. The number of nitrogens with zero attached hydrogens (tertiary/aromatic N) is 1. The number of rotatable bonds is 13. The summed E-state index contributed by atoms with van der Waals surface area (Å²) >= 11 is 3.46. The molecule has 11 nitrogen and oxygen atoms in total. The van der Waals surface area contributed by atoms with Gasteiger partial charge in [0.05, 0.1) is 30.0 Å². The smallest absolute Gasteiger partial charge is 0.335 e. The monoisotopic (exact) mass is 693 g/mol. The molecular weight excluding hydrogens is 658 g/mol. The molecule has 1 fully saturated rings. The Morgan fingerprint density at radius 2 is 1.63 bits per heavy atom. The van der Waals surface area contributed by atoms with Gasteiger partial charge < -0.3 is 24.3 Å². The van der Waals surface area contributed by atoms with Gasteiger partial charge >= 0.3 is 6.03 Å². The number of aryl methyl sites for hydroxylation is 2. The highest BCUT2D eigenvalue weighted by atomic mass is 79.9. The summed E-state index contributed by atoms with van der Waals surface area (Å²) in [7, 11) is 0. The number of amides is 5. The summed E-state index contributed by atoms with van der Waals surface area (Å²) in [5.41, 5.74) is 3.03. The Balaban J connectivity index is 1.59. The summed E-state index contributed by atoms with van der Waals surface area (Å²) in [6.07, 6.45) is 2.14. The third-order valence-electron chi connectivity index (χ3n) is 6.70. The molecule has 3 aromatic rings. The molecule has 1 saturated heterocycles. The first-order valence-electron chi connectivity index (χ1n) is 14.8. The highest BCUT2D eigenvalue weighted by molar-refractivity contribution is 9.10. The van der Waals surface area contributed by atoms with E-state index in [0.717, 1.165) is 22.4 Å². The van der Waals surface area contributed by atoms with E-state index in [1.165, 1.54) is 12.1 Å². The van der Waals surface area contributed by atoms with Gasteiger partial charge in [0, 0.05) is 11.8 Å². The van der Waals surface area contributed by atoms with Crippen LogP contribution in [0.1, 0.15) is 43.9 Å².